The number of fused-ring (bicyclic) bond motifs is 1. The third kappa shape index (κ3) is 15.1. The number of nitrogens with zero attached hydrogens (tertiary/aromatic N) is 7. The molecule has 4 atom stereocenters. The lowest BCUT2D eigenvalue weighted by molar-refractivity contribution is -0.174. The number of carbonyl (C=O) groups excluding carboxylic acids is 8. The largest absolute Gasteiger partial charge is 0.427 e. The van der Waals surface area contributed by atoms with Gasteiger partial charge in [-0.05, 0) is 78.7 Å². The molecule has 0 radical (unpaired) electrons. The number of ether oxygens (including phenoxy) is 4. The molecule has 4 amide bonds. The molecule has 7 heterocycles. The van der Waals surface area contributed by atoms with E-state index in [0.717, 1.165) is 55.6 Å². The summed E-state index contributed by atoms with van der Waals surface area (Å²) in [6.07, 6.45) is 6.88. The number of aromatic nitrogens is 4. The normalized spacial score (nSPS) is 18.0. The van der Waals surface area contributed by atoms with E-state index in [9.17, 15) is 38.4 Å². The summed E-state index contributed by atoms with van der Waals surface area (Å²) in [6.45, 7) is 12.0. The van der Waals surface area contributed by atoms with Crippen LogP contribution in [-0.4, -0.2) is 146 Å². The Labute approximate surface area is 493 Å². The van der Waals surface area contributed by atoms with Crippen LogP contribution in [0.3, 0.4) is 0 Å². The molecular formula is C50H56N12O14S6. The van der Waals surface area contributed by atoms with Crippen LogP contribution in [0.2, 0.25) is 0 Å². The van der Waals surface area contributed by atoms with E-state index in [1.165, 1.54) is 64.3 Å². The molecule has 1 saturated heterocycles. The van der Waals surface area contributed by atoms with Crippen LogP contribution in [0.15, 0.2) is 66.8 Å². The van der Waals surface area contributed by atoms with Crippen LogP contribution in [0.25, 0.3) is 12.2 Å². The Morgan fingerprint density at radius 1 is 0.744 bits per heavy atom. The third-order valence-electron chi connectivity index (χ3n) is 11.5. The molecule has 0 unspecified atom stereocenters. The molecule has 4 aromatic heterocycles. The number of rotatable bonds is 21. The van der Waals surface area contributed by atoms with Crippen molar-refractivity contribution in [2.24, 2.45) is 21.1 Å². The Balaban J connectivity index is 1.12. The van der Waals surface area contributed by atoms with E-state index in [4.69, 9.17) is 34.4 Å². The minimum absolute atomic E-state index is 0.0336. The Bertz CT molecular complexity index is 3330. The maximum atomic E-state index is 14.7. The topological polar surface area (TPSA) is 346 Å². The van der Waals surface area contributed by atoms with Crippen LogP contribution in [0.1, 0.15) is 74.1 Å². The summed E-state index contributed by atoms with van der Waals surface area (Å²) in [5, 5.41) is 19.7. The maximum Gasteiger partial charge on any atom is 0.358 e. The SMILES string of the molecule is CO/N=C(\C(=O)N[C@@H]1C(=O)N2C(C(=O)OCOC(=O)C(C)(C)C)=C(/C=C\c3scnc3C)CS[C@H]12)c1csc(NC(=O)[C@H](NC(=O)/C(=N\OC)c2csc(N)n2)[C@@H]2NC(C(=O)OCOC(=O)C(C)(C)C)=C(/C=C\c3scnc3C)CS2)n1. The van der Waals surface area contributed by atoms with Crippen LogP contribution in [0.5, 0.6) is 0 Å². The summed E-state index contributed by atoms with van der Waals surface area (Å²) >= 11 is 7.04. The van der Waals surface area contributed by atoms with Crippen LogP contribution in [0.4, 0.5) is 10.3 Å². The number of anilines is 2. The average Bonchev–Trinajstić information content (AvgIpc) is 2.44. The van der Waals surface area contributed by atoms with Crippen LogP contribution >= 0.6 is 68.9 Å². The van der Waals surface area contributed by atoms with Crippen molar-refractivity contribution in [3.63, 3.8) is 0 Å². The first-order chi connectivity index (χ1) is 38.9. The molecule has 6 N–H and O–H groups in total. The van der Waals surface area contributed by atoms with Crippen molar-refractivity contribution in [1.82, 2.24) is 40.8 Å². The fraction of sp³-hybridized carbons (Fsp3) is 0.400. The van der Waals surface area contributed by atoms with Crippen molar-refractivity contribution in [3.8, 4) is 0 Å². The average molecular weight is 1240 g/mol. The van der Waals surface area contributed by atoms with Crippen molar-refractivity contribution in [2.75, 3.05) is 50.4 Å². The van der Waals surface area contributed by atoms with Gasteiger partial charge in [0.25, 0.3) is 23.6 Å². The summed E-state index contributed by atoms with van der Waals surface area (Å²) in [6, 6.07) is -2.76. The Hall–Kier alpha value is -7.52. The molecular weight excluding hydrogens is 1190 g/mol. The summed E-state index contributed by atoms with van der Waals surface area (Å²) in [5.74, 6) is -6.23. The van der Waals surface area contributed by atoms with E-state index in [-0.39, 0.29) is 50.3 Å². The van der Waals surface area contributed by atoms with Crippen molar-refractivity contribution in [3.05, 3.63) is 89.0 Å². The second-order valence-corrected chi connectivity index (χ2v) is 25.3. The van der Waals surface area contributed by atoms with Gasteiger partial charge in [0, 0.05) is 32.0 Å². The molecule has 32 heteroatoms. The zero-order valence-corrected chi connectivity index (χ0v) is 50.5. The number of hydrogen-bond acceptors (Lipinski definition) is 28. The highest BCUT2D eigenvalue weighted by molar-refractivity contribution is 8.00. The number of β-lactam (4-membered cyclic amide) rings is 1. The highest BCUT2D eigenvalue weighted by atomic mass is 32.2. The second kappa shape index (κ2) is 27.0. The van der Waals surface area contributed by atoms with Gasteiger partial charge >= 0.3 is 23.9 Å². The molecule has 0 saturated carbocycles. The number of thioether (sulfide) groups is 2. The van der Waals surface area contributed by atoms with Gasteiger partial charge in [0.15, 0.2) is 21.7 Å². The second-order valence-electron chi connectivity index (χ2n) is 19.5. The number of oxime groups is 2. The van der Waals surface area contributed by atoms with E-state index in [1.54, 1.807) is 76.9 Å². The molecule has 1 fully saturated rings. The fourth-order valence-electron chi connectivity index (χ4n) is 7.24. The molecule has 82 heavy (non-hydrogen) atoms. The molecule has 7 rings (SSSR count). The highest BCUT2D eigenvalue weighted by Gasteiger charge is 2.55. The van der Waals surface area contributed by atoms with Gasteiger partial charge in [0.05, 0.1) is 33.2 Å². The molecule has 26 nitrogen and oxygen atoms in total. The van der Waals surface area contributed by atoms with Gasteiger partial charge in [0.1, 0.15) is 59.8 Å². The standard InChI is InChI=1S/C50H56N12O14S6/c1-23-29(81-19-52-23)13-11-25-15-77-40(58-31(25)43(67)73-21-75-45(69)49(3,4)5)34(56-37(63)32(60-71-9)27-17-79-47(51)54-27)39(65)59-48-55-28(18-80-48)33(61-72-10)38(64)57-35-41(66)62-36(44(68)74-22-76-46(70)50(6,7)8)26(16-78-42(35)62)12-14-30-24(2)53-20-82-30/h11-14,17-20,34-35,40,42,58H,15-16,21-22H2,1-10H3,(H2,51,54)(H,56,63)(H,57,64)(H,55,59,65)/b13-11-,14-12-,60-32-,61-33-/t34-,35+,40+,42+/m0/s1. The summed E-state index contributed by atoms with van der Waals surface area (Å²) in [7, 11) is 2.39. The van der Waals surface area contributed by atoms with Gasteiger partial charge in [-0.25, -0.2) is 29.5 Å². The number of nitrogens with one attached hydrogen (secondary N) is 4. The first kappa shape index (κ1) is 62.1. The van der Waals surface area contributed by atoms with E-state index < -0.39 is 100 Å². The van der Waals surface area contributed by atoms with Gasteiger partial charge in [-0.2, -0.15) is 0 Å². The fourth-order valence-corrected chi connectivity index (χ4v) is 12.4. The quantitative estimate of drug-likeness (QED) is 0.0248. The Kier molecular flexibility index (Phi) is 20.5. The molecule has 0 spiro atoms. The van der Waals surface area contributed by atoms with E-state index >= 15 is 0 Å². The number of hydrogen-bond donors (Lipinski definition) is 5. The van der Waals surface area contributed by atoms with Gasteiger partial charge < -0.3 is 55.6 Å². The van der Waals surface area contributed by atoms with Crippen molar-refractivity contribution >= 4 is 150 Å². The first-order valence-electron chi connectivity index (χ1n) is 24.4. The molecule has 4 aromatic rings. The molecule has 0 aromatic carbocycles. The number of esters is 4. The molecule has 0 bridgehead atoms. The zero-order valence-electron chi connectivity index (χ0n) is 45.6. The Morgan fingerprint density at radius 2 is 1.29 bits per heavy atom. The lowest BCUT2D eigenvalue weighted by Crippen LogP contribution is -2.71. The Morgan fingerprint density at radius 3 is 1.84 bits per heavy atom. The van der Waals surface area contributed by atoms with Gasteiger partial charge in [0.2, 0.25) is 13.6 Å². The number of allylic oxidation sites excluding steroid dienone is 2. The van der Waals surface area contributed by atoms with E-state index in [1.807, 2.05) is 13.8 Å². The molecule has 3 aliphatic heterocycles. The minimum atomic E-state index is -1.57. The summed E-state index contributed by atoms with van der Waals surface area (Å²) in [5.41, 5.74) is 8.75. The van der Waals surface area contributed by atoms with Gasteiger partial charge in [-0.3, -0.25) is 33.7 Å². The third-order valence-corrected chi connectivity index (χ3v) is 17.3. The molecule has 436 valence electrons. The number of nitrogen functional groups attached to an aromatic ring is 1. The van der Waals surface area contributed by atoms with Crippen LogP contribution in [-0.2, 0) is 67.0 Å². The number of nitrogens with two attached hydrogens (primary N) is 1. The monoisotopic (exact) mass is 1240 g/mol. The highest BCUT2D eigenvalue weighted by Crippen LogP contribution is 2.41. The number of amides is 4. The van der Waals surface area contributed by atoms with Gasteiger partial charge in [-0.1, -0.05) is 22.5 Å². The van der Waals surface area contributed by atoms with Crippen LogP contribution < -0.4 is 27.0 Å². The predicted octanol–water partition coefficient (Wildman–Crippen LogP) is 4.71. The molecule has 0 aliphatic carbocycles. The predicted molar refractivity (Wildman–Crippen MR) is 310 cm³/mol. The molecule has 3 aliphatic rings. The lowest BCUT2D eigenvalue weighted by atomic mass is 9.97. The summed E-state index contributed by atoms with van der Waals surface area (Å²) < 4.78 is 21.1. The lowest BCUT2D eigenvalue weighted by Gasteiger charge is -2.49. The summed E-state index contributed by atoms with van der Waals surface area (Å²) in [4.78, 5) is 140. The first-order valence-corrected chi connectivity index (χ1v) is 30.0. The number of aryl methyl sites for hydroxylation is 2. The van der Waals surface area contributed by atoms with Crippen LogP contribution in [0, 0.1) is 24.7 Å². The number of thiazole rings is 4. The van der Waals surface area contributed by atoms with E-state index in [0.29, 0.717) is 11.1 Å². The zero-order chi connectivity index (χ0) is 59.6. The van der Waals surface area contributed by atoms with Crippen molar-refractivity contribution in [1.29, 1.82) is 0 Å². The van der Waals surface area contributed by atoms with Gasteiger partial charge in [-0.15, -0.1) is 68.9 Å². The van der Waals surface area contributed by atoms with E-state index in [2.05, 4.69) is 51.5 Å². The number of carbonyl (C=O) groups is 8. The maximum absolute atomic E-state index is 14.7. The van der Waals surface area contributed by atoms with Crippen molar-refractivity contribution < 1.29 is 67.0 Å². The smallest absolute Gasteiger partial charge is 0.358 e. The minimum Gasteiger partial charge on any atom is -0.427 e. The van der Waals surface area contributed by atoms with Crippen molar-refractivity contribution in [2.45, 2.75) is 78.2 Å².